The van der Waals surface area contributed by atoms with Gasteiger partial charge in [0.1, 0.15) is 5.82 Å². The van der Waals surface area contributed by atoms with Crippen LogP contribution in [0.1, 0.15) is 26.5 Å². The van der Waals surface area contributed by atoms with E-state index in [1.54, 1.807) is 18.3 Å². The highest BCUT2D eigenvalue weighted by Crippen LogP contribution is 2.23. The lowest BCUT2D eigenvalue weighted by atomic mass is 9.91. The fourth-order valence-corrected chi connectivity index (χ4v) is 1.52. The zero-order chi connectivity index (χ0) is 11.1. The number of halogens is 1. The maximum absolute atomic E-state index is 13.0. The maximum atomic E-state index is 13.0. The Bertz CT molecular complexity index is 497. The molecule has 0 saturated heterocycles. The molecule has 0 radical (unpaired) electrons. The van der Waals surface area contributed by atoms with Crippen LogP contribution in [-0.4, -0.2) is 4.98 Å². The van der Waals surface area contributed by atoms with Crippen molar-refractivity contribution in [2.45, 2.75) is 26.2 Å². The number of nitrogens with zero attached hydrogens (tertiary/aromatic N) is 1. The second-order valence-corrected chi connectivity index (χ2v) is 4.81. The maximum Gasteiger partial charge on any atom is 0.123 e. The molecule has 0 amide bonds. The SMILES string of the molecule is CC(C)(C)c1cc2cc(F)ccc2cn1. The van der Waals surface area contributed by atoms with Gasteiger partial charge in [-0.3, -0.25) is 4.98 Å². The van der Waals surface area contributed by atoms with Gasteiger partial charge >= 0.3 is 0 Å². The molecule has 0 bridgehead atoms. The Balaban J connectivity index is 2.64. The Morgan fingerprint density at radius 2 is 1.80 bits per heavy atom. The number of pyridine rings is 1. The van der Waals surface area contributed by atoms with Crippen molar-refractivity contribution in [2.75, 3.05) is 0 Å². The smallest absolute Gasteiger partial charge is 0.123 e. The third kappa shape index (κ3) is 1.99. The van der Waals surface area contributed by atoms with E-state index in [0.29, 0.717) is 0 Å². The number of hydrogen-bond acceptors (Lipinski definition) is 1. The molecular formula is C13H14FN. The standard InChI is InChI=1S/C13H14FN/c1-13(2,3)12-7-10-6-11(14)5-4-9(10)8-15-12/h4-8H,1-3H3. The van der Waals surface area contributed by atoms with Crippen LogP contribution < -0.4 is 0 Å². The van der Waals surface area contributed by atoms with Gasteiger partial charge in [0, 0.05) is 22.7 Å². The van der Waals surface area contributed by atoms with Crippen molar-refractivity contribution >= 4 is 10.8 Å². The molecule has 1 nitrogen and oxygen atoms in total. The van der Waals surface area contributed by atoms with Crippen molar-refractivity contribution in [3.8, 4) is 0 Å². The fraction of sp³-hybridized carbons (Fsp3) is 0.308. The van der Waals surface area contributed by atoms with E-state index in [4.69, 9.17) is 0 Å². The zero-order valence-corrected chi connectivity index (χ0v) is 9.21. The lowest BCUT2D eigenvalue weighted by Crippen LogP contribution is -2.12. The highest BCUT2D eigenvalue weighted by molar-refractivity contribution is 5.82. The summed E-state index contributed by atoms with van der Waals surface area (Å²) in [6.45, 7) is 6.29. The molecule has 0 unspecified atom stereocenters. The molecule has 0 spiro atoms. The Kier molecular flexibility index (Phi) is 2.22. The van der Waals surface area contributed by atoms with Gasteiger partial charge in [-0.25, -0.2) is 4.39 Å². The minimum Gasteiger partial charge on any atom is -0.260 e. The summed E-state index contributed by atoms with van der Waals surface area (Å²) in [5.74, 6) is -0.200. The topological polar surface area (TPSA) is 12.9 Å². The number of rotatable bonds is 0. The van der Waals surface area contributed by atoms with Crippen LogP contribution in [0.3, 0.4) is 0 Å². The first kappa shape index (κ1) is 10.1. The Labute approximate surface area is 89.0 Å². The molecule has 2 rings (SSSR count). The fourth-order valence-electron chi connectivity index (χ4n) is 1.52. The Morgan fingerprint density at radius 1 is 1.07 bits per heavy atom. The van der Waals surface area contributed by atoms with Gasteiger partial charge < -0.3 is 0 Å². The molecule has 0 atom stereocenters. The van der Waals surface area contributed by atoms with Crippen molar-refractivity contribution in [3.63, 3.8) is 0 Å². The van der Waals surface area contributed by atoms with E-state index in [2.05, 4.69) is 25.8 Å². The summed E-state index contributed by atoms with van der Waals surface area (Å²) in [6.07, 6.45) is 1.80. The molecular weight excluding hydrogens is 189 g/mol. The van der Waals surface area contributed by atoms with Crippen LogP contribution >= 0.6 is 0 Å². The van der Waals surface area contributed by atoms with Crippen molar-refractivity contribution in [1.82, 2.24) is 4.98 Å². The summed E-state index contributed by atoms with van der Waals surface area (Å²) in [6, 6.07) is 6.72. The molecule has 0 aliphatic carbocycles. The van der Waals surface area contributed by atoms with Gasteiger partial charge in [0.2, 0.25) is 0 Å². The molecule has 0 aliphatic rings. The van der Waals surface area contributed by atoms with Gasteiger partial charge in [-0.1, -0.05) is 20.8 Å². The van der Waals surface area contributed by atoms with Gasteiger partial charge in [-0.2, -0.15) is 0 Å². The van der Waals surface area contributed by atoms with Crippen LogP contribution in [-0.2, 0) is 5.41 Å². The molecule has 0 N–H and O–H groups in total. The minimum atomic E-state index is -0.200. The summed E-state index contributed by atoms with van der Waals surface area (Å²) in [7, 11) is 0. The molecule has 0 saturated carbocycles. The van der Waals surface area contributed by atoms with Crippen LogP contribution in [0.2, 0.25) is 0 Å². The van der Waals surface area contributed by atoms with Gasteiger partial charge in [0.25, 0.3) is 0 Å². The van der Waals surface area contributed by atoms with E-state index >= 15 is 0 Å². The van der Waals surface area contributed by atoms with Gasteiger partial charge in [0.05, 0.1) is 0 Å². The van der Waals surface area contributed by atoms with E-state index in [1.807, 2.05) is 6.07 Å². The van der Waals surface area contributed by atoms with Crippen LogP contribution in [0.5, 0.6) is 0 Å². The Morgan fingerprint density at radius 3 is 2.47 bits per heavy atom. The summed E-state index contributed by atoms with van der Waals surface area (Å²) in [5, 5.41) is 1.89. The average Bonchev–Trinajstić information content (AvgIpc) is 2.15. The predicted molar refractivity (Wildman–Crippen MR) is 60.4 cm³/mol. The van der Waals surface area contributed by atoms with Crippen LogP contribution in [0, 0.1) is 5.82 Å². The van der Waals surface area contributed by atoms with E-state index in [0.717, 1.165) is 16.5 Å². The monoisotopic (exact) mass is 203 g/mol. The van der Waals surface area contributed by atoms with E-state index in [-0.39, 0.29) is 11.2 Å². The van der Waals surface area contributed by atoms with Crippen molar-refractivity contribution in [3.05, 3.63) is 42.0 Å². The van der Waals surface area contributed by atoms with Crippen LogP contribution in [0.4, 0.5) is 4.39 Å². The highest BCUT2D eigenvalue weighted by atomic mass is 19.1. The van der Waals surface area contributed by atoms with E-state index in [9.17, 15) is 4.39 Å². The predicted octanol–water partition coefficient (Wildman–Crippen LogP) is 3.67. The van der Waals surface area contributed by atoms with Gasteiger partial charge in [-0.15, -0.1) is 0 Å². The third-order valence-corrected chi connectivity index (χ3v) is 2.45. The lowest BCUT2D eigenvalue weighted by Gasteiger charge is -2.17. The van der Waals surface area contributed by atoms with Crippen molar-refractivity contribution < 1.29 is 4.39 Å². The van der Waals surface area contributed by atoms with Gasteiger partial charge in [0.15, 0.2) is 0 Å². The minimum absolute atomic E-state index is 0.000504. The largest absolute Gasteiger partial charge is 0.260 e. The molecule has 2 aromatic rings. The molecule has 1 aromatic heterocycles. The van der Waals surface area contributed by atoms with Crippen LogP contribution in [0.15, 0.2) is 30.5 Å². The second-order valence-electron chi connectivity index (χ2n) is 4.81. The van der Waals surface area contributed by atoms with E-state index in [1.165, 1.54) is 6.07 Å². The summed E-state index contributed by atoms with van der Waals surface area (Å²) in [4.78, 5) is 4.39. The molecule has 0 fully saturated rings. The Hall–Kier alpha value is -1.44. The number of aromatic nitrogens is 1. The first-order valence-electron chi connectivity index (χ1n) is 5.02. The molecule has 78 valence electrons. The third-order valence-electron chi connectivity index (χ3n) is 2.45. The number of benzene rings is 1. The van der Waals surface area contributed by atoms with Crippen LogP contribution in [0.25, 0.3) is 10.8 Å². The quantitative estimate of drug-likeness (QED) is 0.636. The van der Waals surface area contributed by atoms with Crippen molar-refractivity contribution in [1.29, 1.82) is 0 Å². The zero-order valence-electron chi connectivity index (χ0n) is 9.21. The number of fused-ring (bicyclic) bond motifs is 1. The first-order chi connectivity index (χ1) is 6.97. The lowest BCUT2D eigenvalue weighted by molar-refractivity contribution is 0.570. The first-order valence-corrected chi connectivity index (χ1v) is 5.02. The average molecular weight is 203 g/mol. The summed E-state index contributed by atoms with van der Waals surface area (Å²) in [5.41, 5.74) is 0.987. The van der Waals surface area contributed by atoms with Crippen molar-refractivity contribution in [2.24, 2.45) is 0 Å². The second kappa shape index (κ2) is 3.30. The molecule has 1 heterocycles. The highest BCUT2D eigenvalue weighted by Gasteiger charge is 2.15. The summed E-state index contributed by atoms with van der Waals surface area (Å²) < 4.78 is 13.0. The van der Waals surface area contributed by atoms with Gasteiger partial charge in [-0.05, 0) is 29.7 Å². The normalized spacial score (nSPS) is 12.0. The number of hydrogen-bond donors (Lipinski definition) is 0. The van der Waals surface area contributed by atoms with E-state index < -0.39 is 0 Å². The molecule has 1 aromatic carbocycles. The molecule has 15 heavy (non-hydrogen) atoms. The molecule has 2 heteroatoms. The summed E-state index contributed by atoms with van der Waals surface area (Å²) >= 11 is 0. The molecule has 0 aliphatic heterocycles.